The number of aliphatic imine (C=N–C) groups is 1. The molecule has 1 fully saturated rings. The maximum atomic E-state index is 10.8. The van der Waals surface area contributed by atoms with Crippen LogP contribution in [0.5, 0.6) is 17.2 Å². The van der Waals surface area contributed by atoms with Crippen molar-refractivity contribution < 1.29 is 30.7 Å². The molecule has 0 radical (unpaired) electrons. The van der Waals surface area contributed by atoms with Gasteiger partial charge in [0.05, 0.1) is 0 Å². The van der Waals surface area contributed by atoms with Crippen LogP contribution >= 0.6 is 17.0 Å². The zero-order valence-electron chi connectivity index (χ0n) is 17.3. The van der Waals surface area contributed by atoms with Crippen LogP contribution in [0.1, 0.15) is 64.0 Å². The first-order valence-electron chi connectivity index (χ1n) is 9.95. The molecule has 0 spiro atoms. The first-order valence-corrected chi connectivity index (χ1v) is 16.3. The van der Waals surface area contributed by atoms with E-state index in [1.54, 1.807) is 0 Å². The van der Waals surface area contributed by atoms with Crippen molar-refractivity contribution in [2.45, 2.75) is 64.3 Å². The predicted molar refractivity (Wildman–Crippen MR) is 119 cm³/mol. The fraction of sp³-hybridized carbons (Fsp3) is 0.435. The van der Waals surface area contributed by atoms with Gasteiger partial charge < -0.3 is 9.84 Å². The molecule has 1 N–H and O–H groups in total. The van der Waals surface area contributed by atoms with Gasteiger partial charge in [-0.25, -0.2) is 0 Å². The summed E-state index contributed by atoms with van der Waals surface area (Å²) in [4.78, 5) is 4.75. The third-order valence-electron chi connectivity index (χ3n) is 4.90. The van der Waals surface area contributed by atoms with Gasteiger partial charge in [-0.15, -0.1) is 0 Å². The molecule has 0 saturated heterocycles. The first-order chi connectivity index (χ1) is 13.8. The molecule has 6 heteroatoms. The van der Waals surface area contributed by atoms with Crippen LogP contribution in [0, 0.1) is 0 Å². The molecule has 2 aromatic carbocycles. The summed E-state index contributed by atoms with van der Waals surface area (Å²) in [5, 5.41) is 10.8. The SMILES string of the molecule is CC(C)(C)c1cc(Oc2ccccc2)cc(C=NC2CCCCC2)c1O.[Cl][Zr][Cl]. The maximum absolute atomic E-state index is 10.8. The first kappa shape index (κ1) is 24.4. The van der Waals surface area contributed by atoms with Crippen LogP contribution in [0.15, 0.2) is 47.5 Å². The molecule has 3 rings (SSSR count). The van der Waals surface area contributed by atoms with Gasteiger partial charge in [0.25, 0.3) is 0 Å². The normalized spacial score (nSPS) is 14.9. The van der Waals surface area contributed by atoms with Crippen LogP contribution < -0.4 is 4.74 Å². The van der Waals surface area contributed by atoms with Crippen LogP contribution in [-0.4, -0.2) is 17.4 Å². The molecule has 1 aliphatic carbocycles. The number of hydrogen-bond donors (Lipinski definition) is 1. The fourth-order valence-electron chi connectivity index (χ4n) is 3.40. The summed E-state index contributed by atoms with van der Waals surface area (Å²) in [7, 11) is 9.87. The zero-order valence-corrected chi connectivity index (χ0v) is 21.3. The molecule has 0 atom stereocenters. The van der Waals surface area contributed by atoms with Gasteiger partial charge in [0.2, 0.25) is 0 Å². The van der Waals surface area contributed by atoms with E-state index in [4.69, 9.17) is 26.8 Å². The van der Waals surface area contributed by atoms with Crippen molar-refractivity contribution in [3.05, 3.63) is 53.6 Å². The molecule has 1 aliphatic rings. The molecule has 156 valence electrons. The minimum atomic E-state index is -0.826. The Morgan fingerprint density at radius 1 is 1.03 bits per heavy atom. The Hall–Kier alpha value is -0.827. The number of para-hydroxylation sites is 1. The molecule has 1 saturated carbocycles. The number of nitrogens with zero attached hydrogens (tertiary/aromatic N) is 1. The predicted octanol–water partition coefficient (Wildman–Crippen LogP) is 7.61. The van der Waals surface area contributed by atoms with E-state index in [1.807, 2.05) is 48.7 Å². The van der Waals surface area contributed by atoms with E-state index in [9.17, 15) is 5.11 Å². The Morgan fingerprint density at radius 3 is 2.24 bits per heavy atom. The molecule has 29 heavy (non-hydrogen) atoms. The van der Waals surface area contributed by atoms with Gasteiger partial charge in [0, 0.05) is 23.4 Å². The van der Waals surface area contributed by atoms with Gasteiger partial charge in [0.15, 0.2) is 0 Å². The van der Waals surface area contributed by atoms with E-state index in [-0.39, 0.29) is 5.41 Å². The Balaban J connectivity index is 0.000000941. The number of benzene rings is 2. The second kappa shape index (κ2) is 12.1. The Morgan fingerprint density at radius 2 is 1.66 bits per heavy atom. The second-order valence-electron chi connectivity index (χ2n) is 8.22. The number of rotatable bonds is 4. The van der Waals surface area contributed by atoms with Crippen molar-refractivity contribution in [2.24, 2.45) is 4.99 Å². The molecule has 0 amide bonds. The topological polar surface area (TPSA) is 41.8 Å². The van der Waals surface area contributed by atoms with Crippen LogP contribution in [0.25, 0.3) is 0 Å². The molecule has 3 nitrogen and oxygen atoms in total. The molecule has 0 heterocycles. The Bertz CT molecular complexity index is 785. The summed E-state index contributed by atoms with van der Waals surface area (Å²) >= 11 is -0.826. The average molecular weight is 514 g/mol. The van der Waals surface area contributed by atoms with Crippen LogP contribution in [0.4, 0.5) is 0 Å². The van der Waals surface area contributed by atoms with E-state index in [1.165, 1.54) is 19.3 Å². The standard InChI is InChI=1S/C23H29NO2.2ClH.Zr/c1-23(2,3)21-15-20(26-19-12-8-5-9-13-19)14-17(22(21)25)16-24-18-10-6-4-7-11-18;;;/h5,8-9,12-16,18,25H,4,6-7,10-11H2,1-3H3;2*1H;/q;;;+2/p-2. The number of phenolic OH excluding ortho intramolecular Hbond substituents is 1. The number of ether oxygens (including phenoxy) is 1. The van der Waals surface area contributed by atoms with Gasteiger partial charge >= 0.3 is 37.9 Å². The molecule has 0 aromatic heterocycles. The summed E-state index contributed by atoms with van der Waals surface area (Å²) < 4.78 is 6.03. The molecule has 2 aromatic rings. The van der Waals surface area contributed by atoms with Crippen LogP contribution in [0.3, 0.4) is 0 Å². The van der Waals surface area contributed by atoms with Crippen LogP contribution in [0.2, 0.25) is 0 Å². The number of phenols is 1. The minimum absolute atomic E-state index is 0.187. The van der Waals surface area contributed by atoms with Crippen molar-refractivity contribution in [1.82, 2.24) is 0 Å². The number of hydrogen-bond acceptors (Lipinski definition) is 3. The zero-order chi connectivity index (χ0) is 21.3. The molecule has 0 aliphatic heterocycles. The third kappa shape index (κ3) is 8.08. The van der Waals surface area contributed by atoms with Gasteiger partial charge in [0.1, 0.15) is 17.2 Å². The van der Waals surface area contributed by atoms with E-state index in [2.05, 4.69) is 20.8 Å². The van der Waals surface area contributed by atoms with Crippen molar-refractivity contribution >= 4 is 23.2 Å². The van der Waals surface area contributed by atoms with Crippen molar-refractivity contribution in [2.75, 3.05) is 0 Å². The van der Waals surface area contributed by atoms with Gasteiger partial charge in [-0.2, -0.15) is 0 Å². The van der Waals surface area contributed by atoms with Gasteiger partial charge in [-0.1, -0.05) is 58.2 Å². The van der Waals surface area contributed by atoms with Crippen molar-refractivity contribution in [1.29, 1.82) is 0 Å². The summed E-state index contributed by atoms with van der Waals surface area (Å²) in [5.41, 5.74) is 1.41. The Kier molecular flexibility index (Phi) is 10.2. The number of halogens is 2. The van der Waals surface area contributed by atoms with Crippen molar-refractivity contribution in [3.63, 3.8) is 0 Å². The second-order valence-corrected chi connectivity index (χ2v) is 11.9. The number of aromatic hydroxyl groups is 1. The quantitative estimate of drug-likeness (QED) is 0.428. The van der Waals surface area contributed by atoms with E-state index in [0.717, 1.165) is 35.5 Å². The average Bonchev–Trinajstić information content (AvgIpc) is 2.69. The van der Waals surface area contributed by atoms with E-state index >= 15 is 0 Å². The van der Waals surface area contributed by atoms with Crippen LogP contribution in [-0.2, 0) is 26.3 Å². The fourth-order valence-corrected chi connectivity index (χ4v) is 3.40. The third-order valence-corrected chi connectivity index (χ3v) is 4.90. The Labute approximate surface area is 193 Å². The van der Waals surface area contributed by atoms with Gasteiger partial charge in [-0.05, 0) is 42.5 Å². The molecule has 0 unspecified atom stereocenters. The summed E-state index contributed by atoms with van der Waals surface area (Å²) in [5.74, 6) is 1.81. The summed E-state index contributed by atoms with van der Waals surface area (Å²) in [6.45, 7) is 6.28. The molecular formula is C23H29Cl2NO2Zr. The van der Waals surface area contributed by atoms with E-state index in [0.29, 0.717) is 11.8 Å². The monoisotopic (exact) mass is 511 g/mol. The van der Waals surface area contributed by atoms with Gasteiger partial charge in [-0.3, -0.25) is 4.99 Å². The summed E-state index contributed by atoms with van der Waals surface area (Å²) in [6.07, 6.45) is 7.92. The molecule has 0 bridgehead atoms. The molecular weight excluding hydrogens is 484 g/mol. The van der Waals surface area contributed by atoms with Crippen molar-refractivity contribution in [3.8, 4) is 17.2 Å². The summed E-state index contributed by atoms with van der Waals surface area (Å²) in [6, 6.07) is 13.9. The van der Waals surface area contributed by atoms with E-state index < -0.39 is 20.8 Å².